The van der Waals surface area contributed by atoms with E-state index in [-0.39, 0.29) is 17.1 Å². The Morgan fingerprint density at radius 1 is 0.730 bits per heavy atom. The lowest BCUT2D eigenvalue weighted by atomic mass is 10.0. The summed E-state index contributed by atoms with van der Waals surface area (Å²) in [6.45, 7) is -3.01. The van der Waals surface area contributed by atoms with Gasteiger partial charge in [-0.05, 0) is 41.5 Å². The van der Waals surface area contributed by atoms with Crippen molar-refractivity contribution in [1.29, 1.82) is 0 Å². The number of amides is 1. The van der Waals surface area contributed by atoms with Gasteiger partial charge in [0.05, 0.1) is 35.5 Å². The maximum absolute atomic E-state index is 13.5. The maximum Gasteiger partial charge on any atom is 0.387 e. The molecular formula is C27H27F2NO7. The van der Waals surface area contributed by atoms with Crippen LogP contribution in [-0.4, -0.2) is 48.1 Å². The van der Waals surface area contributed by atoms with Crippen molar-refractivity contribution in [3.8, 4) is 34.5 Å². The highest BCUT2D eigenvalue weighted by Crippen LogP contribution is 2.34. The zero-order chi connectivity index (χ0) is 26.9. The molecule has 0 heterocycles. The molecule has 0 aliphatic rings. The molecule has 1 amide bonds. The number of carbonyl (C=O) groups is 1. The molecule has 0 unspecified atom stereocenters. The van der Waals surface area contributed by atoms with Crippen molar-refractivity contribution in [2.24, 2.45) is 0 Å². The normalized spacial score (nSPS) is 11.1. The fourth-order valence-corrected chi connectivity index (χ4v) is 3.50. The Morgan fingerprint density at radius 3 is 1.89 bits per heavy atom. The summed E-state index contributed by atoms with van der Waals surface area (Å²) in [5.41, 5.74) is 1.69. The number of ether oxygens (including phenoxy) is 6. The molecule has 0 fully saturated rings. The van der Waals surface area contributed by atoms with E-state index < -0.39 is 12.5 Å². The lowest BCUT2D eigenvalue weighted by Gasteiger charge is -2.15. The highest BCUT2D eigenvalue weighted by molar-refractivity contribution is 6.29. The lowest BCUT2D eigenvalue weighted by Crippen LogP contribution is -2.14. The van der Waals surface area contributed by atoms with Gasteiger partial charge >= 0.3 is 6.61 Å². The second kappa shape index (κ2) is 12.5. The molecular weight excluding hydrogens is 488 g/mol. The first-order valence-corrected chi connectivity index (χ1v) is 10.9. The van der Waals surface area contributed by atoms with Crippen LogP contribution in [0, 0.1) is 0 Å². The molecule has 0 aliphatic carbocycles. The average molecular weight is 516 g/mol. The zero-order valence-electron chi connectivity index (χ0n) is 21.0. The zero-order valence-corrected chi connectivity index (χ0v) is 21.0. The van der Waals surface area contributed by atoms with E-state index in [0.717, 1.165) is 0 Å². The smallest absolute Gasteiger partial charge is 0.387 e. The summed E-state index contributed by atoms with van der Waals surface area (Å²) in [5, 5.41) is 2.85. The van der Waals surface area contributed by atoms with Gasteiger partial charge in [0.25, 0.3) is 5.91 Å². The third-order valence-electron chi connectivity index (χ3n) is 5.26. The van der Waals surface area contributed by atoms with Gasteiger partial charge < -0.3 is 33.7 Å². The summed E-state index contributed by atoms with van der Waals surface area (Å²) < 4.78 is 56.4. The number of nitrogens with one attached hydrogen (secondary N) is 1. The number of benzene rings is 3. The largest absolute Gasteiger partial charge is 0.497 e. The molecule has 8 nitrogen and oxygen atoms in total. The van der Waals surface area contributed by atoms with Crippen LogP contribution in [0.4, 0.5) is 14.5 Å². The van der Waals surface area contributed by atoms with Crippen LogP contribution in [0.25, 0.3) is 11.6 Å². The number of methoxy groups -OCH3 is 5. The minimum Gasteiger partial charge on any atom is -0.497 e. The van der Waals surface area contributed by atoms with Crippen molar-refractivity contribution in [1.82, 2.24) is 0 Å². The monoisotopic (exact) mass is 515 g/mol. The SMILES string of the molecule is COc1cc(NC(=O)C(=Cc2ccc(OC(F)F)c(OC)c2)c2ccc(OC)c(OC)c2)cc(OC)c1. The predicted octanol–water partition coefficient (Wildman–Crippen LogP) is 5.51. The third-order valence-corrected chi connectivity index (χ3v) is 5.26. The van der Waals surface area contributed by atoms with Crippen LogP contribution in [0.1, 0.15) is 11.1 Å². The molecule has 0 aliphatic heterocycles. The van der Waals surface area contributed by atoms with E-state index >= 15 is 0 Å². The molecule has 0 saturated heterocycles. The lowest BCUT2D eigenvalue weighted by molar-refractivity contribution is -0.111. The van der Waals surface area contributed by atoms with Gasteiger partial charge in [-0.2, -0.15) is 8.78 Å². The third kappa shape index (κ3) is 6.81. The molecule has 196 valence electrons. The number of hydrogen-bond donors (Lipinski definition) is 1. The van der Waals surface area contributed by atoms with Crippen molar-refractivity contribution in [3.63, 3.8) is 0 Å². The highest BCUT2D eigenvalue weighted by Gasteiger charge is 2.18. The Hall–Kier alpha value is -4.47. The molecule has 10 heteroatoms. The maximum atomic E-state index is 13.5. The number of carbonyl (C=O) groups excluding carboxylic acids is 1. The van der Waals surface area contributed by atoms with Crippen LogP contribution >= 0.6 is 0 Å². The second-order valence-corrected chi connectivity index (χ2v) is 7.47. The summed E-state index contributed by atoms with van der Waals surface area (Å²) in [6.07, 6.45) is 1.59. The minimum atomic E-state index is -3.01. The standard InChI is InChI=1S/C27H27F2NO7/c1-32-19-13-18(14-20(15-19)33-2)30-26(31)21(17-7-9-22(34-3)25(12-17)36-5)10-16-6-8-23(37-27(28)29)24(11-16)35-4/h6-15,27H,1-5H3,(H,30,31). The first-order valence-electron chi connectivity index (χ1n) is 10.9. The van der Waals surface area contributed by atoms with Gasteiger partial charge in [-0.25, -0.2) is 0 Å². The number of alkyl halides is 2. The van der Waals surface area contributed by atoms with Crippen LogP contribution in [0.15, 0.2) is 54.6 Å². The number of halogens is 2. The highest BCUT2D eigenvalue weighted by atomic mass is 19.3. The molecule has 0 bridgehead atoms. The number of anilines is 1. The summed E-state index contributed by atoms with van der Waals surface area (Å²) in [4.78, 5) is 13.5. The van der Waals surface area contributed by atoms with Gasteiger partial charge in [-0.1, -0.05) is 12.1 Å². The predicted molar refractivity (Wildman–Crippen MR) is 135 cm³/mol. The first-order chi connectivity index (χ1) is 17.8. The van der Waals surface area contributed by atoms with Gasteiger partial charge in [0.15, 0.2) is 23.0 Å². The Labute approximate surface area is 213 Å². The Bertz CT molecular complexity index is 1260. The number of hydrogen-bond acceptors (Lipinski definition) is 7. The molecule has 0 radical (unpaired) electrons. The Kier molecular flexibility index (Phi) is 9.15. The van der Waals surface area contributed by atoms with Crippen LogP contribution in [0.5, 0.6) is 34.5 Å². The van der Waals surface area contributed by atoms with Gasteiger partial charge in [-0.15, -0.1) is 0 Å². The molecule has 3 rings (SSSR count). The molecule has 37 heavy (non-hydrogen) atoms. The van der Waals surface area contributed by atoms with Gasteiger partial charge in [-0.3, -0.25) is 4.79 Å². The summed E-state index contributed by atoms with van der Waals surface area (Å²) in [5.74, 6) is 1.37. The molecule has 3 aromatic rings. The van der Waals surface area contributed by atoms with E-state index in [1.807, 2.05) is 0 Å². The fraction of sp³-hybridized carbons (Fsp3) is 0.222. The molecule has 0 saturated carbocycles. The van der Waals surface area contributed by atoms with Gasteiger partial charge in [0.1, 0.15) is 11.5 Å². The van der Waals surface area contributed by atoms with Crippen molar-refractivity contribution in [2.75, 3.05) is 40.9 Å². The average Bonchev–Trinajstić information content (AvgIpc) is 2.91. The Balaban J connectivity index is 2.09. The van der Waals surface area contributed by atoms with Crippen LogP contribution in [0.3, 0.4) is 0 Å². The van der Waals surface area contributed by atoms with E-state index in [0.29, 0.717) is 39.8 Å². The van der Waals surface area contributed by atoms with Crippen LogP contribution in [0.2, 0.25) is 0 Å². The molecule has 0 aromatic heterocycles. The van der Waals surface area contributed by atoms with Gasteiger partial charge in [0.2, 0.25) is 0 Å². The molecule has 1 N–H and O–H groups in total. The van der Waals surface area contributed by atoms with E-state index in [9.17, 15) is 13.6 Å². The van der Waals surface area contributed by atoms with E-state index in [4.69, 9.17) is 23.7 Å². The topological polar surface area (TPSA) is 84.5 Å². The summed E-state index contributed by atoms with van der Waals surface area (Å²) in [7, 11) is 7.33. The fourth-order valence-electron chi connectivity index (χ4n) is 3.50. The van der Waals surface area contributed by atoms with Crippen molar-refractivity contribution in [2.45, 2.75) is 6.61 Å². The molecule has 3 aromatic carbocycles. The van der Waals surface area contributed by atoms with Crippen LogP contribution < -0.4 is 33.7 Å². The van der Waals surface area contributed by atoms with E-state index in [2.05, 4.69) is 10.1 Å². The number of rotatable bonds is 11. The molecule has 0 atom stereocenters. The first kappa shape index (κ1) is 27.1. The quantitative estimate of drug-likeness (QED) is 0.266. The summed E-state index contributed by atoms with van der Waals surface area (Å²) in [6, 6.07) is 14.3. The van der Waals surface area contributed by atoms with Gasteiger partial charge in [0, 0.05) is 29.5 Å². The van der Waals surface area contributed by atoms with Crippen molar-refractivity contribution >= 4 is 23.2 Å². The van der Waals surface area contributed by atoms with Crippen LogP contribution in [-0.2, 0) is 4.79 Å². The Morgan fingerprint density at radius 2 is 1.32 bits per heavy atom. The molecule has 0 spiro atoms. The summed E-state index contributed by atoms with van der Waals surface area (Å²) >= 11 is 0. The second-order valence-electron chi connectivity index (χ2n) is 7.47. The van der Waals surface area contributed by atoms with E-state index in [1.165, 1.54) is 53.7 Å². The van der Waals surface area contributed by atoms with Crippen molar-refractivity contribution < 1.29 is 42.0 Å². The van der Waals surface area contributed by atoms with Crippen molar-refractivity contribution in [3.05, 3.63) is 65.7 Å². The van der Waals surface area contributed by atoms with E-state index in [1.54, 1.807) is 42.5 Å². The minimum absolute atomic E-state index is 0.0821.